The van der Waals surface area contributed by atoms with E-state index in [1.807, 2.05) is 25.3 Å². The van der Waals surface area contributed by atoms with E-state index >= 15 is 0 Å². The molecule has 148 valence electrons. The van der Waals surface area contributed by atoms with Crippen molar-refractivity contribution in [3.05, 3.63) is 61.5 Å². The van der Waals surface area contributed by atoms with Crippen molar-refractivity contribution in [3.63, 3.8) is 0 Å². The Kier molecular flexibility index (Phi) is 5.05. The molecule has 0 spiro atoms. The number of rotatable bonds is 3. The Morgan fingerprint density at radius 3 is 2.61 bits per heavy atom. The third kappa shape index (κ3) is 3.17. The molecule has 28 heavy (non-hydrogen) atoms. The van der Waals surface area contributed by atoms with E-state index in [1.165, 1.54) is 6.42 Å². The second-order valence-corrected chi connectivity index (χ2v) is 8.96. The van der Waals surface area contributed by atoms with Gasteiger partial charge in [-0.25, -0.2) is 4.98 Å². The Bertz CT molecular complexity index is 1020. The lowest BCUT2D eigenvalue weighted by molar-refractivity contribution is 0.236. The van der Waals surface area contributed by atoms with Crippen LogP contribution in [0.2, 0.25) is 10.0 Å². The first-order valence-electron chi connectivity index (χ1n) is 9.84. The third-order valence-corrected chi connectivity index (χ3v) is 7.28. The summed E-state index contributed by atoms with van der Waals surface area (Å²) in [6.07, 6.45) is 6.10. The van der Waals surface area contributed by atoms with E-state index in [1.54, 1.807) is 10.6 Å². The van der Waals surface area contributed by atoms with Crippen molar-refractivity contribution in [2.75, 3.05) is 18.0 Å². The summed E-state index contributed by atoms with van der Waals surface area (Å²) in [7, 11) is 1.81. The molecule has 2 aromatic rings. The largest absolute Gasteiger partial charge is 0.342 e. The maximum atomic E-state index is 13.3. The first kappa shape index (κ1) is 19.5. The van der Waals surface area contributed by atoms with Crippen LogP contribution in [0.4, 0.5) is 5.95 Å². The predicted molar refractivity (Wildman–Crippen MR) is 117 cm³/mol. The number of fused-ring (bicyclic) bond motifs is 1. The zero-order valence-electron chi connectivity index (χ0n) is 16.6. The fourth-order valence-corrected chi connectivity index (χ4v) is 4.59. The average molecular weight is 418 g/mol. The Labute approximate surface area is 175 Å². The highest BCUT2D eigenvalue weighted by Crippen LogP contribution is 2.38. The van der Waals surface area contributed by atoms with E-state index in [2.05, 4.69) is 18.7 Å². The number of halogens is 2. The summed E-state index contributed by atoms with van der Waals surface area (Å²) in [4.78, 5) is 20.4. The second-order valence-electron chi connectivity index (χ2n) is 8.17. The number of hydrogen-bond acceptors (Lipinski definition) is 3. The van der Waals surface area contributed by atoms with Crippen molar-refractivity contribution in [2.24, 2.45) is 12.5 Å². The van der Waals surface area contributed by atoms with E-state index in [0.717, 1.165) is 48.7 Å². The summed E-state index contributed by atoms with van der Waals surface area (Å²) >= 11 is 12.6. The smallest absolute Gasteiger partial charge is 0.262 e. The fourth-order valence-electron chi connectivity index (χ4n) is 4.19. The number of anilines is 1. The van der Waals surface area contributed by atoms with Gasteiger partial charge in [-0.05, 0) is 29.9 Å². The maximum absolute atomic E-state index is 13.3. The van der Waals surface area contributed by atoms with Gasteiger partial charge in [0.25, 0.3) is 5.56 Å². The highest BCUT2D eigenvalue weighted by atomic mass is 35.5. The molecule has 0 radical (unpaired) electrons. The lowest BCUT2D eigenvalue weighted by atomic mass is 9.78. The molecule has 4 nitrogen and oxygen atoms in total. The zero-order valence-corrected chi connectivity index (χ0v) is 18.1. The third-order valence-electron chi connectivity index (χ3n) is 6.46. The molecule has 6 heteroatoms. The number of aromatic nitrogens is 2. The molecular formula is C22H25Cl2N3O. The molecule has 0 bridgehead atoms. The van der Waals surface area contributed by atoms with Gasteiger partial charge in [-0.2, -0.15) is 0 Å². The van der Waals surface area contributed by atoms with Crippen molar-refractivity contribution < 1.29 is 0 Å². The zero-order chi connectivity index (χ0) is 20.1. The monoisotopic (exact) mass is 417 g/mol. The Morgan fingerprint density at radius 2 is 1.93 bits per heavy atom. The molecule has 1 aliphatic heterocycles. The molecule has 1 fully saturated rings. The van der Waals surface area contributed by atoms with Gasteiger partial charge in [-0.3, -0.25) is 9.36 Å². The lowest BCUT2D eigenvalue weighted by Gasteiger charge is -2.39. The summed E-state index contributed by atoms with van der Waals surface area (Å²) in [6, 6.07) is 5.51. The first-order chi connectivity index (χ1) is 13.3. The Morgan fingerprint density at radius 1 is 1.21 bits per heavy atom. The standard InChI is InChI=1S/C22H25Cl2N3O/c1-4-22(2)10-12-27(13-11-22)21-25-17-9-8-14(18(17)20(28)26(21)3)15-6-5-7-16(23)19(15)24/h5-8H,4,9-13H2,1-3H3. The topological polar surface area (TPSA) is 38.1 Å². The SMILES string of the molecule is CCC1(C)CCN(c2nc3c(c(=O)n2C)C(c2cccc(Cl)c2Cl)=CC3)CC1. The van der Waals surface area contributed by atoms with Crippen LogP contribution >= 0.6 is 23.2 Å². The molecule has 1 saturated heterocycles. The molecule has 0 N–H and O–H groups in total. The van der Waals surface area contributed by atoms with Crippen LogP contribution in [0.15, 0.2) is 29.1 Å². The van der Waals surface area contributed by atoms with Gasteiger partial charge >= 0.3 is 0 Å². The molecule has 2 heterocycles. The van der Waals surface area contributed by atoms with Gasteiger partial charge in [0, 0.05) is 32.1 Å². The quantitative estimate of drug-likeness (QED) is 0.697. The maximum Gasteiger partial charge on any atom is 0.262 e. The minimum atomic E-state index is -0.0244. The van der Waals surface area contributed by atoms with E-state index in [9.17, 15) is 4.79 Å². The molecule has 1 aliphatic carbocycles. The number of allylic oxidation sites excluding steroid dienone is 1. The normalized spacial score (nSPS) is 18.2. The highest BCUT2D eigenvalue weighted by Gasteiger charge is 2.31. The van der Waals surface area contributed by atoms with Gasteiger partial charge in [-0.1, -0.05) is 61.7 Å². The first-order valence-corrected chi connectivity index (χ1v) is 10.6. The van der Waals surface area contributed by atoms with Crippen molar-refractivity contribution >= 4 is 34.7 Å². The molecule has 2 aliphatic rings. The number of benzene rings is 1. The molecule has 4 rings (SSSR count). The summed E-state index contributed by atoms with van der Waals surface area (Å²) in [5, 5.41) is 0.964. The number of hydrogen-bond donors (Lipinski definition) is 0. The molecule has 0 unspecified atom stereocenters. The predicted octanol–water partition coefficient (Wildman–Crippen LogP) is 5.09. The van der Waals surface area contributed by atoms with Crippen LogP contribution in [0, 0.1) is 5.41 Å². The van der Waals surface area contributed by atoms with E-state index in [-0.39, 0.29) is 5.56 Å². The summed E-state index contributed by atoms with van der Waals surface area (Å²) in [6.45, 7) is 6.48. The van der Waals surface area contributed by atoms with E-state index < -0.39 is 0 Å². The lowest BCUT2D eigenvalue weighted by Crippen LogP contribution is -2.42. The van der Waals surface area contributed by atoms with Crippen LogP contribution in [-0.2, 0) is 13.5 Å². The van der Waals surface area contributed by atoms with Crippen molar-refractivity contribution in [3.8, 4) is 0 Å². The molecule has 1 aromatic heterocycles. The van der Waals surface area contributed by atoms with E-state index in [4.69, 9.17) is 28.2 Å². The highest BCUT2D eigenvalue weighted by molar-refractivity contribution is 6.43. The van der Waals surface area contributed by atoms with E-state index in [0.29, 0.717) is 27.4 Å². The molecule has 0 amide bonds. The summed E-state index contributed by atoms with van der Waals surface area (Å²) < 4.78 is 1.69. The Hall–Kier alpha value is -1.78. The molecule has 0 saturated carbocycles. The van der Waals surface area contributed by atoms with Crippen molar-refractivity contribution in [1.82, 2.24) is 9.55 Å². The summed E-state index contributed by atoms with van der Waals surface area (Å²) in [5.74, 6) is 0.772. The fraction of sp³-hybridized carbons (Fsp3) is 0.455. The van der Waals surface area contributed by atoms with Gasteiger partial charge < -0.3 is 4.90 Å². The van der Waals surface area contributed by atoms with Crippen LogP contribution in [0.25, 0.3) is 5.57 Å². The van der Waals surface area contributed by atoms with Crippen molar-refractivity contribution in [1.29, 1.82) is 0 Å². The summed E-state index contributed by atoms with van der Waals surface area (Å²) in [5.41, 5.74) is 3.46. The van der Waals surface area contributed by atoms with Gasteiger partial charge in [-0.15, -0.1) is 0 Å². The minimum Gasteiger partial charge on any atom is -0.342 e. The average Bonchev–Trinajstić information content (AvgIpc) is 3.11. The molecular weight excluding hydrogens is 393 g/mol. The minimum absolute atomic E-state index is 0.0244. The van der Waals surface area contributed by atoms with Gasteiger partial charge in [0.2, 0.25) is 5.95 Å². The van der Waals surface area contributed by atoms with Gasteiger partial charge in [0.1, 0.15) is 0 Å². The number of nitrogens with zero attached hydrogens (tertiary/aromatic N) is 3. The van der Waals surface area contributed by atoms with Crippen LogP contribution in [-0.4, -0.2) is 22.6 Å². The van der Waals surface area contributed by atoms with Crippen LogP contribution in [0.5, 0.6) is 0 Å². The Balaban J connectivity index is 1.71. The number of piperidine rings is 1. The van der Waals surface area contributed by atoms with Crippen molar-refractivity contribution in [2.45, 2.75) is 39.5 Å². The molecule has 1 aromatic carbocycles. The van der Waals surface area contributed by atoms with Crippen LogP contribution < -0.4 is 10.5 Å². The second kappa shape index (κ2) is 7.23. The molecule has 0 atom stereocenters. The van der Waals surface area contributed by atoms with Crippen LogP contribution in [0.1, 0.15) is 49.9 Å². The van der Waals surface area contributed by atoms with Gasteiger partial charge in [0.05, 0.1) is 21.3 Å². The van der Waals surface area contributed by atoms with Crippen LogP contribution in [0.3, 0.4) is 0 Å². The van der Waals surface area contributed by atoms with Gasteiger partial charge in [0.15, 0.2) is 0 Å².